The minimum Gasteiger partial charge on any atom is -0.507 e. The van der Waals surface area contributed by atoms with Crippen molar-refractivity contribution in [2.45, 2.75) is 44.0 Å². The highest BCUT2D eigenvalue weighted by Crippen LogP contribution is 2.23. The molecular weight excluding hydrogens is 390 g/mol. The number of hydrazone groups is 1. The van der Waals surface area contributed by atoms with E-state index in [-0.39, 0.29) is 22.8 Å². The first-order valence-corrected chi connectivity index (χ1v) is 11.1. The van der Waals surface area contributed by atoms with E-state index in [0.29, 0.717) is 5.92 Å². The minimum absolute atomic E-state index is 0.101. The standard InChI is InChI=1S/C21H25N3O4S/c1-15-7-9-17(10-8-15)23-24-21(26)19-13-18(11-12-20(19)25)29(27,28)22-14-16-5-3-2-4-6-16/h2-6,11-13,15,22,25H,7-10,14H2,1H3,(H,24,26). The Morgan fingerprint density at radius 3 is 2.52 bits per heavy atom. The van der Waals surface area contributed by atoms with Crippen molar-refractivity contribution in [1.82, 2.24) is 10.1 Å². The fourth-order valence-electron chi connectivity index (χ4n) is 3.12. The third-order valence-corrected chi connectivity index (χ3v) is 6.40. The summed E-state index contributed by atoms with van der Waals surface area (Å²) in [6.07, 6.45) is 3.71. The first-order valence-electron chi connectivity index (χ1n) is 9.57. The topological polar surface area (TPSA) is 108 Å². The first kappa shape index (κ1) is 21.0. The molecule has 1 amide bonds. The number of aromatic hydroxyl groups is 1. The maximum atomic E-state index is 12.6. The van der Waals surface area contributed by atoms with Crippen molar-refractivity contribution in [3.63, 3.8) is 0 Å². The van der Waals surface area contributed by atoms with Crippen molar-refractivity contribution < 1.29 is 18.3 Å². The van der Waals surface area contributed by atoms with Gasteiger partial charge in [-0.05, 0) is 55.4 Å². The summed E-state index contributed by atoms with van der Waals surface area (Å²) in [6.45, 7) is 2.31. The van der Waals surface area contributed by atoms with Gasteiger partial charge < -0.3 is 5.11 Å². The second-order valence-corrected chi connectivity index (χ2v) is 9.06. The summed E-state index contributed by atoms with van der Waals surface area (Å²) < 4.78 is 27.6. The number of carbonyl (C=O) groups excluding carboxylic acids is 1. The maximum Gasteiger partial charge on any atom is 0.275 e. The van der Waals surface area contributed by atoms with Crippen molar-refractivity contribution in [1.29, 1.82) is 0 Å². The van der Waals surface area contributed by atoms with Crippen LogP contribution in [0, 0.1) is 5.92 Å². The quantitative estimate of drug-likeness (QED) is 0.630. The predicted octanol–water partition coefficient (Wildman–Crippen LogP) is 3.17. The molecule has 0 saturated heterocycles. The molecule has 3 rings (SSSR count). The Labute approximate surface area is 170 Å². The van der Waals surface area contributed by atoms with Gasteiger partial charge in [0.15, 0.2) is 0 Å². The van der Waals surface area contributed by atoms with Crippen molar-refractivity contribution in [2.75, 3.05) is 0 Å². The summed E-state index contributed by atoms with van der Waals surface area (Å²) in [5, 5.41) is 14.2. The Bertz CT molecular complexity index is 994. The second-order valence-electron chi connectivity index (χ2n) is 7.29. The van der Waals surface area contributed by atoms with Crippen LogP contribution in [-0.4, -0.2) is 25.1 Å². The second kappa shape index (κ2) is 9.19. The molecule has 0 aromatic heterocycles. The lowest BCUT2D eigenvalue weighted by molar-refractivity contribution is 0.0951. The van der Waals surface area contributed by atoms with Crippen LogP contribution in [0.25, 0.3) is 0 Å². The molecule has 1 aliphatic carbocycles. The number of amides is 1. The molecule has 29 heavy (non-hydrogen) atoms. The molecule has 0 radical (unpaired) electrons. The number of nitrogens with zero attached hydrogens (tertiary/aromatic N) is 1. The van der Waals surface area contributed by atoms with E-state index in [9.17, 15) is 18.3 Å². The van der Waals surface area contributed by atoms with Gasteiger partial charge in [-0.25, -0.2) is 18.6 Å². The van der Waals surface area contributed by atoms with E-state index in [1.165, 1.54) is 12.1 Å². The highest BCUT2D eigenvalue weighted by atomic mass is 32.2. The maximum absolute atomic E-state index is 12.6. The number of hydrogen-bond donors (Lipinski definition) is 3. The van der Waals surface area contributed by atoms with E-state index >= 15 is 0 Å². The van der Waals surface area contributed by atoms with E-state index in [0.717, 1.165) is 43.0 Å². The number of hydrogen-bond acceptors (Lipinski definition) is 5. The van der Waals surface area contributed by atoms with Crippen LogP contribution >= 0.6 is 0 Å². The summed E-state index contributed by atoms with van der Waals surface area (Å²) in [4.78, 5) is 12.3. The van der Waals surface area contributed by atoms with Gasteiger partial charge in [0.1, 0.15) is 5.75 Å². The zero-order chi connectivity index (χ0) is 20.9. The average molecular weight is 416 g/mol. The summed E-state index contributed by atoms with van der Waals surface area (Å²) in [6, 6.07) is 12.7. The van der Waals surface area contributed by atoms with Crippen LogP contribution in [0.5, 0.6) is 5.75 Å². The third kappa shape index (κ3) is 5.65. The Hall–Kier alpha value is -2.71. The van der Waals surface area contributed by atoms with E-state index in [1.54, 1.807) is 0 Å². The van der Waals surface area contributed by atoms with Crippen molar-refractivity contribution >= 4 is 21.6 Å². The SMILES string of the molecule is CC1CCC(=NNC(=O)c2cc(S(=O)(=O)NCc3ccccc3)ccc2O)CC1. The fourth-order valence-corrected chi connectivity index (χ4v) is 4.16. The van der Waals surface area contributed by atoms with Crippen LogP contribution in [0.3, 0.4) is 0 Å². The number of benzene rings is 2. The van der Waals surface area contributed by atoms with Crippen molar-refractivity contribution in [2.24, 2.45) is 11.0 Å². The number of nitrogens with one attached hydrogen (secondary N) is 2. The number of phenolic OH excluding ortho intramolecular Hbond substituents is 1. The van der Waals surface area contributed by atoms with E-state index in [2.05, 4.69) is 22.2 Å². The average Bonchev–Trinajstić information content (AvgIpc) is 2.72. The van der Waals surface area contributed by atoms with Gasteiger partial charge in [-0.3, -0.25) is 4.79 Å². The normalized spacial score (nSPS) is 17.0. The van der Waals surface area contributed by atoms with Gasteiger partial charge in [-0.2, -0.15) is 5.10 Å². The lowest BCUT2D eigenvalue weighted by Crippen LogP contribution is -2.25. The lowest BCUT2D eigenvalue weighted by Gasteiger charge is -2.18. The van der Waals surface area contributed by atoms with Gasteiger partial charge >= 0.3 is 0 Å². The monoisotopic (exact) mass is 415 g/mol. The molecular formula is C21H25N3O4S. The number of carbonyl (C=O) groups is 1. The summed E-state index contributed by atoms with van der Waals surface area (Å²) in [7, 11) is -3.85. The van der Waals surface area contributed by atoms with Crippen LogP contribution < -0.4 is 10.1 Å². The largest absolute Gasteiger partial charge is 0.507 e. The zero-order valence-corrected chi connectivity index (χ0v) is 17.1. The molecule has 1 saturated carbocycles. The van der Waals surface area contributed by atoms with Gasteiger partial charge in [0, 0.05) is 12.3 Å². The van der Waals surface area contributed by atoms with Crippen LogP contribution in [0.1, 0.15) is 48.5 Å². The molecule has 3 N–H and O–H groups in total. The number of sulfonamides is 1. The molecule has 0 bridgehead atoms. The Morgan fingerprint density at radius 1 is 1.14 bits per heavy atom. The van der Waals surface area contributed by atoms with Crippen molar-refractivity contribution in [3.05, 3.63) is 59.7 Å². The van der Waals surface area contributed by atoms with Crippen LogP contribution in [0.2, 0.25) is 0 Å². The number of rotatable bonds is 6. The van der Waals surface area contributed by atoms with Gasteiger partial charge in [0.05, 0.1) is 10.5 Å². The summed E-state index contributed by atoms with van der Waals surface area (Å²) in [5.74, 6) is -0.297. The molecule has 2 aromatic rings. The van der Waals surface area contributed by atoms with Crippen LogP contribution in [0.15, 0.2) is 58.5 Å². The van der Waals surface area contributed by atoms with Crippen LogP contribution in [-0.2, 0) is 16.6 Å². The number of phenols is 1. The Kier molecular flexibility index (Phi) is 6.66. The predicted molar refractivity (Wildman–Crippen MR) is 111 cm³/mol. The van der Waals surface area contributed by atoms with E-state index < -0.39 is 15.9 Å². The van der Waals surface area contributed by atoms with Gasteiger partial charge in [-0.1, -0.05) is 37.3 Å². The van der Waals surface area contributed by atoms with Gasteiger partial charge in [0.25, 0.3) is 5.91 Å². The molecule has 0 heterocycles. The molecule has 1 aliphatic rings. The summed E-state index contributed by atoms with van der Waals surface area (Å²) in [5.41, 5.74) is 4.01. The smallest absolute Gasteiger partial charge is 0.275 e. The molecule has 0 atom stereocenters. The first-order chi connectivity index (χ1) is 13.8. The minimum atomic E-state index is -3.85. The molecule has 8 heteroatoms. The lowest BCUT2D eigenvalue weighted by atomic mass is 9.90. The van der Waals surface area contributed by atoms with Gasteiger partial charge in [0.2, 0.25) is 10.0 Å². The van der Waals surface area contributed by atoms with E-state index in [4.69, 9.17) is 0 Å². The third-order valence-electron chi connectivity index (χ3n) is 5.00. The zero-order valence-electron chi connectivity index (χ0n) is 16.3. The molecule has 2 aromatic carbocycles. The van der Waals surface area contributed by atoms with E-state index in [1.807, 2.05) is 30.3 Å². The molecule has 0 aliphatic heterocycles. The molecule has 1 fully saturated rings. The van der Waals surface area contributed by atoms with Crippen molar-refractivity contribution in [3.8, 4) is 5.75 Å². The highest BCUT2D eigenvalue weighted by Gasteiger charge is 2.20. The van der Waals surface area contributed by atoms with Crippen LogP contribution in [0.4, 0.5) is 0 Å². The summed E-state index contributed by atoms with van der Waals surface area (Å²) >= 11 is 0. The Balaban J connectivity index is 1.71. The molecule has 7 nitrogen and oxygen atoms in total. The fraction of sp³-hybridized carbons (Fsp3) is 0.333. The highest BCUT2D eigenvalue weighted by molar-refractivity contribution is 7.89. The molecule has 0 spiro atoms. The molecule has 0 unspecified atom stereocenters. The molecule has 154 valence electrons. The van der Waals surface area contributed by atoms with Gasteiger partial charge in [-0.15, -0.1) is 0 Å². The Morgan fingerprint density at radius 2 is 1.83 bits per heavy atom.